The molecule has 0 radical (unpaired) electrons. The Morgan fingerprint density at radius 1 is 1.45 bits per heavy atom. The highest BCUT2D eigenvalue weighted by Gasteiger charge is 2.23. The van der Waals surface area contributed by atoms with Crippen LogP contribution in [-0.4, -0.2) is 43.7 Å². The van der Waals surface area contributed by atoms with Crippen molar-refractivity contribution in [2.24, 2.45) is 0 Å². The van der Waals surface area contributed by atoms with Gasteiger partial charge in [0.05, 0.1) is 18.2 Å². The van der Waals surface area contributed by atoms with Crippen LogP contribution in [0.1, 0.15) is 31.2 Å². The van der Waals surface area contributed by atoms with Crippen LogP contribution in [0.2, 0.25) is 0 Å². The molecule has 0 aromatic heterocycles. The van der Waals surface area contributed by atoms with Gasteiger partial charge < -0.3 is 10.1 Å². The number of likely N-dealkylation sites (tertiary alicyclic amines) is 1. The molecule has 0 saturated carbocycles. The molecule has 22 heavy (non-hydrogen) atoms. The summed E-state index contributed by atoms with van der Waals surface area (Å²) in [6, 6.07) is 9.48. The van der Waals surface area contributed by atoms with Crippen molar-refractivity contribution in [3.8, 4) is 6.07 Å². The normalized spacial score (nSPS) is 18.1. The number of carbonyl (C=O) groups excluding carboxylic acids is 1. The number of amides is 1. The summed E-state index contributed by atoms with van der Waals surface area (Å²) in [7, 11) is 1.74. The molecule has 118 valence electrons. The molecule has 1 aliphatic rings. The number of hydrogen-bond donors (Lipinski definition) is 1. The number of hydrogen-bond acceptors (Lipinski definition) is 4. The van der Waals surface area contributed by atoms with Crippen molar-refractivity contribution in [2.75, 3.05) is 32.1 Å². The van der Waals surface area contributed by atoms with Gasteiger partial charge in [0.15, 0.2) is 0 Å². The van der Waals surface area contributed by atoms with Gasteiger partial charge in [-0.1, -0.05) is 0 Å². The second-order valence-corrected chi connectivity index (χ2v) is 5.63. The smallest absolute Gasteiger partial charge is 0.224 e. The molecule has 1 fully saturated rings. The maximum atomic E-state index is 11.9. The van der Waals surface area contributed by atoms with Crippen molar-refractivity contribution in [3.63, 3.8) is 0 Å². The van der Waals surface area contributed by atoms with Crippen LogP contribution in [0.5, 0.6) is 0 Å². The first-order chi connectivity index (χ1) is 10.7. The van der Waals surface area contributed by atoms with E-state index in [1.165, 1.54) is 12.8 Å². The number of benzene rings is 1. The summed E-state index contributed by atoms with van der Waals surface area (Å²) in [5.41, 5.74) is 1.33. The second kappa shape index (κ2) is 8.52. The van der Waals surface area contributed by atoms with E-state index in [-0.39, 0.29) is 5.91 Å². The van der Waals surface area contributed by atoms with Crippen LogP contribution >= 0.6 is 0 Å². The van der Waals surface area contributed by atoms with Gasteiger partial charge in [-0.2, -0.15) is 5.26 Å². The zero-order chi connectivity index (χ0) is 15.8. The highest BCUT2D eigenvalue weighted by molar-refractivity contribution is 5.90. The topological polar surface area (TPSA) is 65.4 Å². The van der Waals surface area contributed by atoms with Crippen LogP contribution < -0.4 is 5.32 Å². The average Bonchev–Trinajstić information content (AvgIpc) is 2.96. The molecule has 1 aromatic carbocycles. The SMILES string of the molecule is COC[C@@H]1CCCN1CCCC(=O)Nc1ccc(C#N)cc1. The monoisotopic (exact) mass is 301 g/mol. The second-order valence-electron chi connectivity index (χ2n) is 5.63. The third kappa shape index (κ3) is 4.83. The first-order valence-electron chi connectivity index (χ1n) is 7.76. The van der Waals surface area contributed by atoms with E-state index in [1.54, 1.807) is 31.4 Å². The molecule has 0 bridgehead atoms. The summed E-state index contributed by atoms with van der Waals surface area (Å²) in [5, 5.41) is 11.6. The van der Waals surface area contributed by atoms with Crippen LogP contribution in [0.4, 0.5) is 5.69 Å². The maximum Gasteiger partial charge on any atom is 0.224 e. The van der Waals surface area contributed by atoms with E-state index in [0.717, 1.165) is 31.8 Å². The van der Waals surface area contributed by atoms with Crippen molar-refractivity contribution < 1.29 is 9.53 Å². The lowest BCUT2D eigenvalue weighted by Crippen LogP contribution is -2.34. The molecule has 1 saturated heterocycles. The molecule has 5 nitrogen and oxygen atoms in total. The van der Waals surface area contributed by atoms with E-state index in [1.807, 2.05) is 0 Å². The van der Waals surface area contributed by atoms with Gasteiger partial charge in [0.25, 0.3) is 0 Å². The Bertz CT molecular complexity index is 522. The molecular weight excluding hydrogens is 278 g/mol. The fraction of sp³-hybridized carbons (Fsp3) is 0.529. The average molecular weight is 301 g/mol. The fourth-order valence-corrected chi connectivity index (χ4v) is 2.86. The zero-order valence-electron chi connectivity index (χ0n) is 13.0. The minimum Gasteiger partial charge on any atom is -0.383 e. The summed E-state index contributed by atoms with van der Waals surface area (Å²) in [4.78, 5) is 14.3. The van der Waals surface area contributed by atoms with Crippen LogP contribution in [-0.2, 0) is 9.53 Å². The highest BCUT2D eigenvalue weighted by Crippen LogP contribution is 2.18. The number of nitrogens with one attached hydrogen (secondary N) is 1. The van der Waals surface area contributed by atoms with E-state index in [9.17, 15) is 4.79 Å². The molecule has 1 N–H and O–H groups in total. The van der Waals surface area contributed by atoms with Gasteiger partial charge in [-0.3, -0.25) is 9.69 Å². The Balaban J connectivity index is 1.70. The Morgan fingerprint density at radius 2 is 2.23 bits per heavy atom. The Labute approximate surface area is 131 Å². The third-order valence-electron chi connectivity index (χ3n) is 4.01. The Morgan fingerprint density at radius 3 is 2.91 bits per heavy atom. The molecule has 1 atom stereocenters. The van der Waals surface area contributed by atoms with E-state index >= 15 is 0 Å². The molecule has 0 unspecified atom stereocenters. The first-order valence-corrected chi connectivity index (χ1v) is 7.76. The van der Waals surface area contributed by atoms with Gasteiger partial charge in [-0.25, -0.2) is 0 Å². The summed E-state index contributed by atoms with van der Waals surface area (Å²) < 4.78 is 5.24. The van der Waals surface area contributed by atoms with E-state index in [2.05, 4.69) is 16.3 Å². The summed E-state index contributed by atoms with van der Waals surface area (Å²) in [5.74, 6) is 0.0206. The van der Waals surface area contributed by atoms with Crippen LogP contribution in [0.25, 0.3) is 0 Å². The van der Waals surface area contributed by atoms with Crippen molar-refractivity contribution in [3.05, 3.63) is 29.8 Å². The minimum atomic E-state index is 0.0206. The lowest BCUT2D eigenvalue weighted by Gasteiger charge is -2.23. The van der Waals surface area contributed by atoms with Crippen molar-refractivity contribution in [1.29, 1.82) is 5.26 Å². The maximum absolute atomic E-state index is 11.9. The van der Waals surface area contributed by atoms with E-state index in [4.69, 9.17) is 10.00 Å². The molecule has 2 rings (SSSR count). The Hall–Kier alpha value is -1.90. The molecule has 1 aliphatic heterocycles. The third-order valence-corrected chi connectivity index (χ3v) is 4.01. The van der Waals surface area contributed by atoms with Crippen LogP contribution in [0.3, 0.4) is 0 Å². The number of nitriles is 1. The van der Waals surface area contributed by atoms with Gasteiger partial charge >= 0.3 is 0 Å². The number of ether oxygens (including phenoxy) is 1. The molecule has 0 aliphatic carbocycles. The van der Waals surface area contributed by atoms with Crippen LogP contribution in [0.15, 0.2) is 24.3 Å². The summed E-state index contributed by atoms with van der Waals surface area (Å²) >= 11 is 0. The largest absolute Gasteiger partial charge is 0.383 e. The summed E-state index contributed by atoms with van der Waals surface area (Å²) in [6.45, 7) is 2.82. The predicted molar refractivity (Wildman–Crippen MR) is 85.5 cm³/mol. The predicted octanol–water partition coefficient (Wildman–Crippen LogP) is 2.39. The van der Waals surface area contributed by atoms with Gasteiger partial charge in [0, 0.05) is 25.3 Å². The van der Waals surface area contributed by atoms with Gasteiger partial charge in [-0.05, 0) is 56.6 Å². The lowest BCUT2D eigenvalue weighted by molar-refractivity contribution is -0.116. The molecule has 1 amide bonds. The number of anilines is 1. The number of nitrogens with zero attached hydrogens (tertiary/aromatic N) is 2. The van der Waals surface area contributed by atoms with Crippen molar-refractivity contribution >= 4 is 11.6 Å². The number of methoxy groups -OCH3 is 1. The lowest BCUT2D eigenvalue weighted by atomic mass is 10.2. The molecule has 1 heterocycles. The number of rotatable bonds is 7. The molecule has 5 heteroatoms. The first kappa shape index (κ1) is 16.5. The zero-order valence-corrected chi connectivity index (χ0v) is 13.0. The standard InChI is InChI=1S/C17H23N3O2/c1-22-13-16-4-2-10-20(16)11-3-5-17(21)19-15-8-6-14(12-18)7-9-15/h6-9,16H,2-5,10-11,13H2,1H3,(H,19,21)/t16-/m0/s1. The van der Waals surface area contributed by atoms with Gasteiger partial charge in [-0.15, -0.1) is 0 Å². The van der Waals surface area contributed by atoms with Gasteiger partial charge in [0.1, 0.15) is 0 Å². The van der Waals surface area contributed by atoms with E-state index < -0.39 is 0 Å². The quantitative estimate of drug-likeness (QED) is 0.840. The number of carbonyl (C=O) groups is 1. The molecule has 0 spiro atoms. The van der Waals surface area contributed by atoms with E-state index in [0.29, 0.717) is 18.0 Å². The minimum absolute atomic E-state index is 0.0206. The highest BCUT2D eigenvalue weighted by atomic mass is 16.5. The van der Waals surface area contributed by atoms with Crippen molar-refractivity contribution in [2.45, 2.75) is 31.7 Å². The molecule has 1 aromatic rings. The van der Waals surface area contributed by atoms with Crippen molar-refractivity contribution in [1.82, 2.24) is 4.90 Å². The van der Waals surface area contributed by atoms with Gasteiger partial charge in [0.2, 0.25) is 5.91 Å². The molecular formula is C17H23N3O2. The fourth-order valence-electron chi connectivity index (χ4n) is 2.86. The Kier molecular flexibility index (Phi) is 6.38. The summed E-state index contributed by atoms with van der Waals surface area (Å²) in [6.07, 6.45) is 3.76. The van der Waals surface area contributed by atoms with Crippen LogP contribution in [0, 0.1) is 11.3 Å².